The molecule has 2 aliphatic carbocycles. The van der Waals surface area contributed by atoms with E-state index in [1.165, 1.54) is 145 Å². The normalized spacial score (nSPS) is 12.4. The van der Waals surface area contributed by atoms with Gasteiger partial charge in [-0.3, -0.25) is 0 Å². The third-order valence-corrected chi connectivity index (χ3v) is 23.3. The molecule has 0 N–H and O–H groups in total. The maximum Gasteiger partial charge on any atom is 0.0714 e. The zero-order valence-electron chi connectivity index (χ0n) is 63.8. The van der Waals surface area contributed by atoms with Crippen LogP contribution < -0.4 is 9.80 Å². The highest BCUT2D eigenvalue weighted by molar-refractivity contribution is 5.96. The Hall–Kier alpha value is -14.4. The predicted molar refractivity (Wildman–Crippen MR) is 481 cm³/mol. The van der Waals surface area contributed by atoms with E-state index in [0.717, 1.165) is 34.1 Å². The van der Waals surface area contributed by atoms with Gasteiger partial charge in [0.15, 0.2) is 0 Å². The van der Waals surface area contributed by atoms with Crippen LogP contribution in [0, 0.1) is 0 Å². The molecule has 2 nitrogen and oxygen atoms in total. The smallest absolute Gasteiger partial charge is 0.0714 e. The number of nitrogens with zero attached hydrogens (tertiary/aromatic N) is 2. The lowest BCUT2D eigenvalue weighted by Crippen LogP contribution is -2.28. The van der Waals surface area contributed by atoms with E-state index in [0.29, 0.717) is 0 Å². The Balaban J connectivity index is 0.000000155. The molecule has 0 amide bonds. The molecule has 20 rings (SSSR count). The second-order valence-electron chi connectivity index (χ2n) is 30.2. The lowest BCUT2D eigenvalue weighted by atomic mass is 9.67. The molecule has 2 aliphatic rings. The molecule has 2 heteroatoms. The first-order chi connectivity index (χ1) is 56.3. The van der Waals surface area contributed by atoms with E-state index in [-0.39, 0.29) is 5.41 Å². The zero-order valence-corrected chi connectivity index (χ0v) is 63.8. The van der Waals surface area contributed by atoms with E-state index in [2.05, 4.69) is 485 Å². The topological polar surface area (TPSA) is 6.48 Å². The largest absolute Gasteiger partial charge is 0.310 e. The van der Waals surface area contributed by atoms with Gasteiger partial charge >= 0.3 is 0 Å². The molecule has 0 saturated carbocycles. The summed E-state index contributed by atoms with van der Waals surface area (Å²) in [5.41, 5.74) is 38.2. The quantitative estimate of drug-likeness (QED) is 0.0951. The Morgan fingerprint density at radius 3 is 0.728 bits per heavy atom. The molecule has 0 aromatic heterocycles. The molecule has 0 atom stereocenters. The SMILES string of the molecule is CC1(C)c2cc(-c3ccc(-c4ccccc4)cc3)ccc2-c2ccc(N(c3ccc(-c4ccccc4)cc3)c3ccccc3-c3ccccc3)cc21.c1ccc(-c2ccc(-c3ccc4c(c3)C(c3ccccc3)(c3ccccc3)c3cc(N(c5ccc(-c6ccccc6)cc5)c5ccccc5-c5ccccc5)ccc3-4)cc2)cc1. The summed E-state index contributed by atoms with van der Waals surface area (Å²) in [6, 6.07) is 168. The predicted octanol–water partition coefficient (Wildman–Crippen LogP) is 30.3. The molecule has 0 radical (unpaired) electrons. The fraction of sp³-hybridized carbons (Fsp3) is 0.0357. The van der Waals surface area contributed by atoms with Crippen LogP contribution in [-0.2, 0) is 10.8 Å². The van der Waals surface area contributed by atoms with Crippen LogP contribution in [0.3, 0.4) is 0 Å². The Kier molecular flexibility index (Phi) is 18.7. The summed E-state index contributed by atoms with van der Waals surface area (Å²) >= 11 is 0. The molecule has 114 heavy (non-hydrogen) atoms. The van der Waals surface area contributed by atoms with Gasteiger partial charge in [-0.2, -0.15) is 0 Å². The maximum atomic E-state index is 2.47. The van der Waals surface area contributed by atoms with Gasteiger partial charge in [0.2, 0.25) is 0 Å². The van der Waals surface area contributed by atoms with Crippen molar-refractivity contribution in [3.63, 3.8) is 0 Å². The van der Waals surface area contributed by atoms with Crippen molar-refractivity contribution in [1.29, 1.82) is 0 Å². The van der Waals surface area contributed by atoms with E-state index in [1.54, 1.807) is 0 Å². The summed E-state index contributed by atoms with van der Waals surface area (Å²) in [5, 5.41) is 0. The molecular formula is C112H82N2. The van der Waals surface area contributed by atoms with E-state index in [4.69, 9.17) is 0 Å². The summed E-state index contributed by atoms with van der Waals surface area (Å²) in [6.45, 7) is 4.75. The number of fused-ring (bicyclic) bond motifs is 6. The maximum absolute atomic E-state index is 2.47. The third kappa shape index (κ3) is 13.1. The van der Waals surface area contributed by atoms with Crippen LogP contribution in [-0.4, -0.2) is 0 Å². The summed E-state index contributed by atoms with van der Waals surface area (Å²) in [6.07, 6.45) is 0. The van der Waals surface area contributed by atoms with Gasteiger partial charge in [0.25, 0.3) is 0 Å². The van der Waals surface area contributed by atoms with Crippen LogP contribution in [0.1, 0.15) is 47.2 Å². The fourth-order valence-electron chi connectivity index (χ4n) is 17.6. The lowest BCUT2D eigenvalue weighted by Gasteiger charge is -2.35. The molecule has 0 spiro atoms. The van der Waals surface area contributed by atoms with Gasteiger partial charge in [-0.25, -0.2) is 0 Å². The Labute approximate surface area is 669 Å². The molecule has 0 unspecified atom stereocenters. The van der Waals surface area contributed by atoms with Crippen molar-refractivity contribution in [3.05, 3.63) is 494 Å². The summed E-state index contributed by atoms with van der Waals surface area (Å²) in [7, 11) is 0. The minimum atomic E-state index is -0.592. The molecule has 0 aliphatic heterocycles. The number of hydrogen-bond donors (Lipinski definition) is 0. The van der Waals surface area contributed by atoms with Crippen molar-refractivity contribution < 1.29 is 0 Å². The minimum Gasteiger partial charge on any atom is -0.310 e. The van der Waals surface area contributed by atoms with Crippen LogP contribution in [0.5, 0.6) is 0 Å². The van der Waals surface area contributed by atoms with Crippen molar-refractivity contribution in [1.82, 2.24) is 0 Å². The van der Waals surface area contributed by atoms with Crippen molar-refractivity contribution >= 4 is 34.1 Å². The highest BCUT2D eigenvalue weighted by Crippen LogP contribution is 2.59. The highest BCUT2D eigenvalue weighted by Gasteiger charge is 2.47. The molecule has 0 fully saturated rings. The van der Waals surface area contributed by atoms with Crippen LogP contribution in [0.25, 0.3) is 111 Å². The number of rotatable bonds is 16. The number of para-hydroxylation sites is 2. The van der Waals surface area contributed by atoms with Gasteiger partial charge in [-0.15, -0.1) is 0 Å². The van der Waals surface area contributed by atoms with Crippen LogP contribution >= 0.6 is 0 Å². The van der Waals surface area contributed by atoms with Crippen molar-refractivity contribution in [2.75, 3.05) is 9.80 Å². The van der Waals surface area contributed by atoms with Gasteiger partial charge in [0.05, 0.1) is 16.8 Å². The Bertz CT molecular complexity index is 6370. The standard InChI is InChI=1S/C61H43N.C51H39N/c1-6-18-44(19-7-1)46-30-32-48(33-31-46)50-36-40-56-57-41-39-54(43-59(57)61(58(56)42-50,51-24-12-4-13-25-51)52-26-14-5-15-27-52)62(53-37-34-47(35-38-53)45-20-8-2-9-21-45)60-29-17-16-28-55(60)49-22-10-3-11-23-49;1-51(2)48-34-42(40-24-22-38(23-25-40)36-14-6-3-7-15-36)28-32-46(48)47-33-31-44(35-49(47)51)52(43-29-26-39(27-30-43)37-16-8-4-9-17-37)50-21-13-12-20-45(50)41-18-10-5-11-19-41/h1-43H;3-35H,1-2H3. The number of benzene rings is 18. The molecule has 0 saturated heterocycles. The van der Waals surface area contributed by atoms with Gasteiger partial charge in [0.1, 0.15) is 0 Å². The highest BCUT2D eigenvalue weighted by atomic mass is 15.2. The minimum absolute atomic E-state index is 0.178. The second kappa shape index (κ2) is 30.4. The first-order valence-electron chi connectivity index (χ1n) is 39.5. The molecule has 0 bridgehead atoms. The van der Waals surface area contributed by atoms with Crippen LogP contribution in [0.2, 0.25) is 0 Å². The Morgan fingerprint density at radius 2 is 0.377 bits per heavy atom. The molecule has 18 aromatic rings. The second-order valence-corrected chi connectivity index (χ2v) is 30.2. The van der Waals surface area contributed by atoms with Crippen LogP contribution in [0.15, 0.2) is 461 Å². The summed E-state index contributed by atoms with van der Waals surface area (Å²) < 4.78 is 0. The van der Waals surface area contributed by atoms with Crippen molar-refractivity contribution in [2.24, 2.45) is 0 Å². The van der Waals surface area contributed by atoms with Crippen LogP contribution in [0.4, 0.5) is 34.1 Å². The Morgan fingerprint density at radius 1 is 0.158 bits per heavy atom. The third-order valence-electron chi connectivity index (χ3n) is 23.3. The van der Waals surface area contributed by atoms with E-state index < -0.39 is 5.41 Å². The van der Waals surface area contributed by atoms with Gasteiger partial charge in [-0.1, -0.05) is 402 Å². The molecule has 540 valence electrons. The number of anilines is 6. The monoisotopic (exact) mass is 1450 g/mol. The van der Waals surface area contributed by atoms with E-state index in [1.807, 2.05) is 0 Å². The first kappa shape index (κ1) is 70.0. The van der Waals surface area contributed by atoms with Gasteiger partial charge in [0, 0.05) is 39.3 Å². The van der Waals surface area contributed by atoms with E-state index in [9.17, 15) is 0 Å². The average molecular weight is 1460 g/mol. The molecular weight excluding hydrogens is 1370 g/mol. The lowest BCUT2D eigenvalue weighted by molar-refractivity contribution is 0.660. The van der Waals surface area contributed by atoms with Gasteiger partial charge in [-0.05, 0) is 206 Å². The molecule has 0 heterocycles. The van der Waals surface area contributed by atoms with Gasteiger partial charge < -0.3 is 9.80 Å². The summed E-state index contributed by atoms with van der Waals surface area (Å²) in [4.78, 5) is 4.87. The fourth-order valence-corrected chi connectivity index (χ4v) is 17.6. The van der Waals surface area contributed by atoms with Crippen molar-refractivity contribution in [3.8, 4) is 111 Å². The number of hydrogen-bond acceptors (Lipinski definition) is 2. The van der Waals surface area contributed by atoms with Crippen molar-refractivity contribution in [2.45, 2.75) is 24.7 Å². The average Bonchev–Trinajstić information content (AvgIpc) is 1.53. The zero-order chi connectivity index (χ0) is 76.4. The van der Waals surface area contributed by atoms with E-state index >= 15 is 0 Å². The molecule has 18 aromatic carbocycles. The first-order valence-corrected chi connectivity index (χ1v) is 39.5. The summed E-state index contributed by atoms with van der Waals surface area (Å²) in [5.74, 6) is 0.